The molecule has 0 heterocycles. The molecule has 0 saturated carbocycles. The number of benzene rings is 1. The molecule has 0 saturated heterocycles. The smallest absolute Gasteiger partial charge is 0.411 e. The first-order valence-electron chi connectivity index (χ1n) is 4.44. The minimum Gasteiger partial charge on any atom is -0.411 e. The fourth-order valence-corrected chi connectivity index (χ4v) is 1.73. The molecule has 0 spiro atoms. The third kappa shape index (κ3) is 1.69. The van der Waals surface area contributed by atoms with Gasteiger partial charge in [0.15, 0.2) is 0 Å². The summed E-state index contributed by atoms with van der Waals surface area (Å²) in [5.41, 5.74) is 0.837. The highest BCUT2D eigenvalue weighted by Crippen LogP contribution is 2.33. The van der Waals surface area contributed by atoms with Gasteiger partial charge in [-0.2, -0.15) is 13.2 Å². The van der Waals surface area contributed by atoms with E-state index in [0.29, 0.717) is 24.1 Å². The van der Waals surface area contributed by atoms with Crippen LogP contribution in [0.1, 0.15) is 23.1 Å². The quantitative estimate of drug-likeness (QED) is 0.523. The largest absolute Gasteiger partial charge is 0.416 e. The van der Waals surface area contributed by atoms with Crippen LogP contribution in [-0.4, -0.2) is 10.9 Å². The Labute approximate surface area is 84.0 Å². The number of alkyl halides is 3. The fourth-order valence-electron chi connectivity index (χ4n) is 1.73. The van der Waals surface area contributed by atoms with Crippen molar-refractivity contribution in [2.45, 2.75) is 19.0 Å². The van der Waals surface area contributed by atoms with Crippen molar-refractivity contribution in [3.05, 3.63) is 34.9 Å². The number of oxime groups is 1. The van der Waals surface area contributed by atoms with Crippen molar-refractivity contribution >= 4 is 5.71 Å². The first kappa shape index (κ1) is 10.0. The lowest BCUT2D eigenvalue weighted by Gasteiger charge is -2.08. The molecule has 1 aromatic carbocycles. The second kappa shape index (κ2) is 3.25. The third-order valence-corrected chi connectivity index (χ3v) is 2.50. The van der Waals surface area contributed by atoms with Crippen molar-refractivity contribution in [1.29, 1.82) is 0 Å². The van der Waals surface area contributed by atoms with Crippen LogP contribution in [0, 0.1) is 0 Å². The SMILES string of the molecule is ON=C1CCc2ccc(C(F)(F)F)cc21. The summed E-state index contributed by atoms with van der Waals surface area (Å²) in [6.45, 7) is 0. The molecule has 5 heteroatoms. The van der Waals surface area contributed by atoms with E-state index < -0.39 is 11.7 Å². The summed E-state index contributed by atoms with van der Waals surface area (Å²) in [6, 6.07) is 3.53. The number of nitrogens with zero attached hydrogens (tertiary/aromatic N) is 1. The van der Waals surface area contributed by atoms with E-state index in [2.05, 4.69) is 5.16 Å². The number of fused-ring (bicyclic) bond motifs is 1. The van der Waals surface area contributed by atoms with Crippen LogP contribution < -0.4 is 0 Å². The van der Waals surface area contributed by atoms with Crippen LogP contribution in [0.3, 0.4) is 0 Å². The molecule has 1 aromatic rings. The number of aryl methyl sites for hydroxylation is 1. The summed E-state index contributed by atoms with van der Waals surface area (Å²) in [6.07, 6.45) is -3.22. The van der Waals surface area contributed by atoms with Gasteiger partial charge in [0, 0.05) is 5.56 Å². The van der Waals surface area contributed by atoms with Gasteiger partial charge in [0.05, 0.1) is 11.3 Å². The van der Waals surface area contributed by atoms with Gasteiger partial charge in [-0.25, -0.2) is 0 Å². The van der Waals surface area contributed by atoms with E-state index >= 15 is 0 Å². The predicted molar refractivity (Wildman–Crippen MR) is 48.1 cm³/mol. The van der Waals surface area contributed by atoms with Crippen molar-refractivity contribution in [2.24, 2.45) is 5.16 Å². The van der Waals surface area contributed by atoms with E-state index in [0.717, 1.165) is 17.7 Å². The fraction of sp³-hybridized carbons (Fsp3) is 0.300. The highest BCUT2D eigenvalue weighted by Gasteiger charge is 2.32. The van der Waals surface area contributed by atoms with Gasteiger partial charge >= 0.3 is 6.18 Å². The van der Waals surface area contributed by atoms with Gasteiger partial charge in [0.1, 0.15) is 0 Å². The number of hydrogen-bond donors (Lipinski definition) is 1. The Bertz CT molecular complexity index is 423. The molecule has 0 aromatic heterocycles. The Morgan fingerprint density at radius 1 is 1.20 bits per heavy atom. The molecule has 1 aliphatic rings. The van der Waals surface area contributed by atoms with Crippen molar-refractivity contribution in [1.82, 2.24) is 0 Å². The van der Waals surface area contributed by atoms with Gasteiger partial charge < -0.3 is 5.21 Å². The zero-order chi connectivity index (χ0) is 11.1. The summed E-state index contributed by atoms with van der Waals surface area (Å²) in [4.78, 5) is 0. The first-order chi connectivity index (χ1) is 7.02. The maximum Gasteiger partial charge on any atom is 0.416 e. The second-order valence-electron chi connectivity index (χ2n) is 3.42. The minimum absolute atomic E-state index is 0.330. The van der Waals surface area contributed by atoms with E-state index in [9.17, 15) is 13.2 Å². The number of rotatable bonds is 0. The van der Waals surface area contributed by atoms with E-state index in [1.54, 1.807) is 0 Å². The summed E-state index contributed by atoms with van der Waals surface area (Å²) >= 11 is 0. The average molecular weight is 215 g/mol. The zero-order valence-corrected chi connectivity index (χ0v) is 7.67. The minimum atomic E-state index is -4.35. The predicted octanol–water partition coefficient (Wildman–Crippen LogP) is 2.83. The van der Waals surface area contributed by atoms with Crippen molar-refractivity contribution in [2.75, 3.05) is 0 Å². The van der Waals surface area contributed by atoms with Crippen LogP contribution in [0.4, 0.5) is 13.2 Å². The van der Waals surface area contributed by atoms with E-state index in [-0.39, 0.29) is 0 Å². The molecule has 0 unspecified atom stereocenters. The van der Waals surface area contributed by atoms with Crippen LogP contribution in [0.5, 0.6) is 0 Å². The van der Waals surface area contributed by atoms with Gasteiger partial charge in [-0.15, -0.1) is 0 Å². The van der Waals surface area contributed by atoms with Crippen molar-refractivity contribution in [3.63, 3.8) is 0 Å². The summed E-state index contributed by atoms with van der Waals surface area (Å²) in [5.74, 6) is 0. The Morgan fingerprint density at radius 2 is 1.93 bits per heavy atom. The summed E-state index contributed by atoms with van der Waals surface area (Å²) in [5, 5.41) is 11.6. The summed E-state index contributed by atoms with van der Waals surface area (Å²) < 4.78 is 37.2. The Morgan fingerprint density at radius 3 is 2.53 bits per heavy atom. The number of hydrogen-bond acceptors (Lipinski definition) is 2. The molecular weight excluding hydrogens is 207 g/mol. The normalized spacial score (nSPS) is 18.2. The maximum atomic E-state index is 12.4. The molecule has 0 aliphatic heterocycles. The molecule has 0 radical (unpaired) electrons. The topological polar surface area (TPSA) is 32.6 Å². The standard InChI is InChI=1S/C10H8F3NO/c11-10(12,13)7-3-1-6-2-4-9(14-15)8(6)5-7/h1,3,5,15H,2,4H2. The highest BCUT2D eigenvalue weighted by molar-refractivity contribution is 6.04. The van der Waals surface area contributed by atoms with Crippen molar-refractivity contribution in [3.8, 4) is 0 Å². The first-order valence-corrected chi connectivity index (χ1v) is 4.44. The molecule has 2 nitrogen and oxygen atoms in total. The molecule has 15 heavy (non-hydrogen) atoms. The molecular formula is C10H8F3NO. The third-order valence-electron chi connectivity index (χ3n) is 2.50. The van der Waals surface area contributed by atoms with E-state index in [4.69, 9.17) is 5.21 Å². The van der Waals surface area contributed by atoms with Crippen LogP contribution in [0.2, 0.25) is 0 Å². The lowest BCUT2D eigenvalue weighted by molar-refractivity contribution is -0.137. The van der Waals surface area contributed by atoms with Gasteiger partial charge in [0.2, 0.25) is 0 Å². The van der Waals surface area contributed by atoms with Gasteiger partial charge in [-0.1, -0.05) is 11.2 Å². The molecule has 2 rings (SSSR count). The maximum absolute atomic E-state index is 12.4. The van der Waals surface area contributed by atoms with E-state index in [1.165, 1.54) is 6.07 Å². The van der Waals surface area contributed by atoms with Gasteiger partial charge in [-0.05, 0) is 30.5 Å². The Kier molecular flexibility index (Phi) is 2.17. The highest BCUT2D eigenvalue weighted by atomic mass is 19.4. The lowest BCUT2D eigenvalue weighted by atomic mass is 10.1. The zero-order valence-electron chi connectivity index (χ0n) is 7.67. The van der Waals surface area contributed by atoms with Crippen molar-refractivity contribution < 1.29 is 18.4 Å². The number of halogens is 3. The molecule has 0 bridgehead atoms. The lowest BCUT2D eigenvalue weighted by Crippen LogP contribution is -2.06. The van der Waals surface area contributed by atoms with Gasteiger partial charge in [0.25, 0.3) is 0 Å². The van der Waals surface area contributed by atoms with Crippen LogP contribution in [0.15, 0.2) is 23.4 Å². The average Bonchev–Trinajstić information content (AvgIpc) is 2.57. The molecule has 0 amide bonds. The molecule has 0 atom stereocenters. The Balaban J connectivity index is 2.51. The molecule has 80 valence electrons. The molecule has 1 N–H and O–H groups in total. The van der Waals surface area contributed by atoms with E-state index in [1.807, 2.05) is 0 Å². The molecule has 1 aliphatic carbocycles. The van der Waals surface area contributed by atoms with Gasteiger partial charge in [-0.3, -0.25) is 0 Å². The second-order valence-corrected chi connectivity index (χ2v) is 3.42. The van der Waals surface area contributed by atoms with Crippen LogP contribution in [-0.2, 0) is 12.6 Å². The monoisotopic (exact) mass is 215 g/mol. The van der Waals surface area contributed by atoms with Crippen LogP contribution in [0.25, 0.3) is 0 Å². The molecule has 0 fully saturated rings. The summed E-state index contributed by atoms with van der Waals surface area (Å²) in [7, 11) is 0. The van der Waals surface area contributed by atoms with Crippen LogP contribution >= 0.6 is 0 Å². The Hall–Kier alpha value is -1.52.